The van der Waals surface area contributed by atoms with E-state index in [1.54, 1.807) is 24.3 Å². The summed E-state index contributed by atoms with van der Waals surface area (Å²) in [6.45, 7) is 5.37. The fourth-order valence-electron chi connectivity index (χ4n) is 4.82. The zero-order chi connectivity index (χ0) is 22.8. The maximum atomic E-state index is 13.2. The molecule has 3 aliphatic heterocycles. The topological polar surface area (TPSA) is 62.3 Å². The molecule has 2 aromatic carbocycles. The van der Waals surface area contributed by atoms with Crippen LogP contribution in [0.15, 0.2) is 42.5 Å². The highest BCUT2D eigenvalue weighted by molar-refractivity contribution is 6.30. The van der Waals surface area contributed by atoms with Gasteiger partial charge in [0, 0.05) is 56.4 Å². The molecule has 3 aliphatic rings. The zero-order valence-corrected chi connectivity index (χ0v) is 19.3. The zero-order valence-electron chi connectivity index (χ0n) is 18.5. The van der Waals surface area contributed by atoms with Gasteiger partial charge >= 0.3 is 0 Å². The normalized spacial score (nSPS) is 20.7. The van der Waals surface area contributed by atoms with Gasteiger partial charge in [0.05, 0.1) is 5.92 Å². The summed E-state index contributed by atoms with van der Waals surface area (Å²) < 4.78 is 10.9. The summed E-state index contributed by atoms with van der Waals surface area (Å²) in [7, 11) is 0. The van der Waals surface area contributed by atoms with Gasteiger partial charge < -0.3 is 19.3 Å². The van der Waals surface area contributed by atoms with E-state index in [2.05, 4.69) is 11.0 Å². The molecule has 0 saturated carbocycles. The van der Waals surface area contributed by atoms with Crippen LogP contribution in [0.25, 0.3) is 0 Å². The van der Waals surface area contributed by atoms with Gasteiger partial charge in [0.1, 0.15) is 0 Å². The van der Waals surface area contributed by atoms with Gasteiger partial charge in [-0.1, -0.05) is 17.7 Å². The van der Waals surface area contributed by atoms with E-state index in [0.29, 0.717) is 36.8 Å². The van der Waals surface area contributed by atoms with Crippen molar-refractivity contribution in [1.29, 1.82) is 0 Å². The third kappa shape index (κ3) is 4.94. The largest absolute Gasteiger partial charge is 0.454 e. The molecular weight excluding hydrogens is 442 g/mol. The van der Waals surface area contributed by atoms with E-state index in [9.17, 15) is 9.59 Å². The van der Waals surface area contributed by atoms with Crippen LogP contribution < -0.4 is 9.47 Å². The van der Waals surface area contributed by atoms with E-state index < -0.39 is 0 Å². The van der Waals surface area contributed by atoms with Crippen LogP contribution in [-0.4, -0.2) is 72.6 Å². The summed E-state index contributed by atoms with van der Waals surface area (Å²) in [6.07, 6.45) is 1.68. The first-order chi connectivity index (χ1) is 16.1. The molecule has 2 amide bonds. The Kier molecular flexibility index (Phi) is 6.42. The molecule has 3 heterocycles. The number of hydrogen-bond donors (Lipinski definition) is 0. The molecule has 0 unspecified atom stereocenters. The van der Waals surface area contributed by atoms with Crippen molar-refractivity contribution >= 4 is 23.4 Å². The Morgan fingerprint density at radius 1 is 0.909 bits per heavy atom. The van der Waals surface area contributed by atoms with Gasteiger partial charge in [-0.25, -0.2) is 0 Å². The minimum Gasteiger partial charge on any atom is -0.454 e. The molecule has 5 rings (SSSR count). The molecule has 1 atom stereocenters. The lowest BCUT2D eigenvalue weighted by atomic mass is 9.95. The fraction of sp³-hybridized carbons (Fsp3) is 0.440. The van der Waals surface area contributed by atoms with E-state index in [1.807, 2.05) is 21.9 Å². The number of rotatable bonds is 4. The van der Waals surface area contributed by atoms with Gasteiger partial charge in [-0.15, -0.1) is 0 Å². The Morgan fingerprint density at radius 3 is 2.45 bits per heavy atom. The molecule has 0 spiro atoms. The number of piperidine rings is 1. The van der Waals surface area contributed by atoms with Crippen molar-refractivity contribution in [3.8, 4) is 11.5 Å². The van der Waals surface area contributed by atoms with Gasteiger partial charge in [0.25, 0.3) is 5.91 Å². The molecular formula is C25H28ClN3O4. The van der Waals surface area contributed by atoms with Crippen LogP contribution in [-0.2, 0) is 11.3 Å². The Bertz CT molecular complexity index is 1020. The van der Waals surface area contributed by atoms with Crippen LogP contribution in [0.5, 0.6) is 11.5 Å². The first-order valence-corrected chi connectivity index (χ1v) is 11.9. The average molecular weight is 470 g/mol. The van der Waals surface area contributed by atoms with Gasteiger partial charge in [-0.05, 0) is 54.8 Å². The van der Waals surface area contributed by atoms with Gasteiger partial charge in [-0.2, -0.15) is 0 Å². The molecule has 0 N–H and O–H groups in total. The Morgan fingerprint density at radius 2 is 1.67 bits per heavy atom. The summed E-state index contributed by atoms with van der Waals surface area (Å²) in [4.78, 5) is 32.2. The Balaban J connectivity index is 1.13. The second-order valence-corrected chi connectivity index (χ2v) is 9.32. The van der Waals surface area contributed by atoms with Crippen LogP contribution in [0.1, 0.15) is 28.8 Å². The summed E-state index contributed by atoms with van der Waals surface area (Å²) in [5.74, 6) is 1.61. The fourth-order valence-corrected chi connectivity index (χ4v) is 4.95. The summed E-state index contributed by atoms with van der Waals surface area (Å²) in [6, 6.07) is 13.0. The van der Waals surface area contributed by atoms with Crippen LogP contribution in [0.3, 0.4) is 0 Å². The van der Waals surface area contributed by atoms with Crippen LogP contribution >= 0.6 is 11.6 Å². The third-order valence-electron chi connectivity index (χ3n) is 6.68. The lowest BCUT2D eigenvalue weighted by Gasteiger charge is -2.39. The predicted octanol–water partition coefficient (Wildman–Crippen LogP) is 3.27. The van der Waals surface area contributed by atoms with E-state index >= 15 is 0 Å². The minimum atomic E-state index is -0.129. The van der Waals surface area contributed by atoms with Crippen molar-refractivity contribution < 1.29 is 19.1 Å². The number of nitrogens with zero attached hydrogens (tertiary/aromatic N) is 3. The standard InChI is InChI=1S/C25H28ClN3O4/c26-21-6-4-19(5-7-21)24(30)29-9-1-2-20(16-29)25(31)28-12-10-27(11-13-28)15-18-3-8-22-23(14-18)33-17-32-22/h3-8,14,20H,1-2,9-13,15-17H2/t20-/m1/s1. The average Bonchev–Trinajstić information content (AvgIpc) is 3.32. The number of piperazine rings is 1. The van der Waals surface area contributed by atoms with Crippen molar-refractivity contribution in [3.05, 3.63) is 58.6 Å². The van der Waals surface area contributed by atoms with Crippen molar-refractivity contribution in [2.45, 2.75) is 19.4 Å². The molecule has 0 aromatic heterocycles. The second kappa shape index (κ2) is 9.61. The highest BCUT2D eigenvalue weighted by Gasteiger charge is 2.33. The van der Waals surface area contributed by atoms with Gasteiger partial charge in [0.15, 0.2) is 11.5 Å². The van der Waals surface area contributed by atoms with Crippen molar-refractivity contribution in [2.24, 2.45) is 5.92 Å². The van der Waals surface area contributed by atoms with E-state index in [0.717, 1.165) is 44.0 Å². The number of ether oxygens (including phenoxy) is 2. The maximum Gasteiger partial charge on any atom is 0.253 e. The molecule has 2 aromatic rings. The van der Waals surface area contributed by atoms with Crippen molar-refractivity contribution in [3.63, 3.8) is 0 Å². The number of benzene rings is 2. The minimum absolute atomic E-state index is 0.0299. The molecule has 2 saturated heterocycles. The smallest absolute Gasteiger partial charge is 0.253 e. The molecule has 0 aliphatic carbocycles. The molecule has 7 nitrogen and oxygen atoms in total. The molecule has 174 valence electrons. The number of likely N-dealkylation sites (tertiary alicyclic amines) is 1. The van der Waals surface area contributed by atoms with Crippen molar-refractivity contribution in [2.75, 3.05) is 46.1 Å². The number of hydrogen-bond acceptors (Lipinski definition) is 5. The highest BCUT2D eigenvalue weighted by atomic mass is 35.5. The Hall–Kier alpha value is -2.77. The number of halogens is 1. The second-order valence-electron chi connectivity index (χ2n) is 8.89. The van der Waals surface area contributed by atoms with Crippen LogP contribution in [0.4, 0.5) is 0 Å². The first kappa shape index (κ1) is 22.0. The molecule has 33 heavy (non-hydrogen) atoms. The van der Waals surface area contributed by atoms with Gasteiger partial charge in [0.2, 0.25) is 12.7 Å². The monoisotopic (exact) mass is 469 g/mol. The van der Waals surface area contributed by atoms with E-state index in [4.69, 9.17) is 21.1 Å². The Labute approximate surface area is 198 Å². The summed E-state index contributed by atoms with van der Waals surface area (Å²) in [5, 5.41) is 0.607. The van der Waals surface area contributed by atoms with E-state index in [1.165, 1.54) is 5.56 Å². The SMILES string of the molecule is O=C(c1ccc(Cl)cc1)N1CCC[C@@H](C(=O)N2CCN(Cc3ccc4c(c3)OCO4)CC2)C1. The predicted molar refractivity (Wildman–Crippen MR) is 125 cm³/mol. The van der Waals surface area contributed by atoms with Gasteiger partial charge in [-0.3, -0.25) is 14.5 Å². The molecule has 0 radical (unpaired) electrons. The molecule has 2 fully saturated rings. The van der Waals surface area contributed by atoms with Crippen molar-refractivity contribution in [1.82, 2.24) is 14.7 Å². The highest BCUT2D eigenvalue weighted by Crippen LogP contribution is 2.33. The lowest BCUT2D eigenvalue weighted by Crippen LogP contribution is -2.52. The molecule has 0 bridgehead atoms. The first-order valence-electron chi connectivity index (χ1n) is 11.5. The summed E-state index contributed by atoms with van der Waals surface area (Å²) >= 11 is 5.94. The number of amides is 2. The maximum absolute atomic E-state index is 13.2. The lowest BCUT2D eigenvalue weighted by molar-refractivity contribution is -0.138. The summed E-state index contributed by atoms with van der Waals surface area (Å²) in [5.41, 5.74) is 1.80. The number of carbonyl (C=O) groups is 2. The third-order valence-corrected chi connectivity index (χ3v) is 6.93. The molecule has 8 heteroatoms. The quantitative estimate of drug-likeness (QED) is 0.687. The van der Waals surface area contributed by atoms with Crippen LogP contribution in [0.2, 0.25) is 5.02 Å². The van der Waals surface area contributed by atoms with E-state index in [-0.39, 0.29) is 24.5 Å². The van der Waals surface area contributed by atoms with Crippen LogP contribution in [0, 0.1) is 5.92 Å². The number of carbonyl (C=O) groups excluding carboxylic acids is 2. The number of fused-ring (bicyclic) bond motifs is 1.